The smallest absolute Gasteiger partial charge is 0.175 e. The van der Waals surface area contributed by atoms with E-state index in [9.17, 15) is 13.6 Å². The van der Waals surface area contributed by atoms with Crippen LogP contribution in [0.25, 0.3) is 0 Å². The van der Waals surface area contributed by atoms with Crippen LogP contribution in [0.3, 0.4) is 0 Å². The molecule has 0 fully saturated rings. The summed E-state index contributed by atoms with van der Waals surface area (Å²) in [5.74, 6) is -1.50. The summed E-state index contributed by atoms with van der Waals surface area (Å²) < 4.78 is 25.9. The molecular formula is C12H14F2OS. The average Bonchev–Trinajstić information content (AvgIpc) is 2.25. The molecule has 0 radical (unpaired) electrons. The van der Waals surface area contributed by atoms with E-state index in [1.807, 2.05) is 13.8 Å². The predicted molar refractivity (Wildman–Crippen MR) is 62.9 cm³/mol. The Labute approximate surface area is 98.2 Å². The first-order valence-electron chi connectivity index (χ1n) is 5.14. The Morgan fingerprint density at radius 1 is 1.44 bits per heavy atom. The van der Waals surface area contributed by atoms with Crippen molar-refractivity contribution >= 4 is 17.5 Å². The molecule has 88 valence electrons. The summed E-state index contributed by atoms with van der Waals surface area (Å²) in [5, 5.41) is 0.368. The maximum atomic E-state index is 13.2. The van der Waals surface area contributed by atoms with Gasteiger partial charge in [-0.05, 0) is 18.6 Å². The van der Waals surface area contributed by atoms with Crippen molar-refractivity contribution in [1.82, 2.24) is 0 Å². The average molecular weight is 244 g/mol. The zero-order valence-electron chi connectivity index (χ0n) is 9.30. The van der Waals surface area contributed by atoms with Gasteiger partial charge in [-0.25, -0.2) is 8.78 Å². The molecule has 1 rings (SSSR count). The minimum absolute atomic E-state index is 0.0304. The van der Waals surface area contributed by atoms with Gasteiger partial charge in [0.2, 0.25) is 0 Å². The molecule has 1 nitrogen and oxygen atoms in total. The number of thioether (sulfide) groups is 1. The molecule has 0 spiro atoms. The molecule has 0 heterocycles. The van der Waals surface area contributed by atoms with Gasteiger partial charge >= 0.3 is 0 Å². The SMILES string of the molecule is CCC(C)SCC(=O)c1ccc(F)cc1F. The summed E-state index contributed by atoms with van der Waals surface area (Å²) in [4.78, 5) is 11.6. The third kappa shape index (κ3) is 3.59. The quantitative estimate of drug-likeness (QED) is 0.735. The van der Waals surface area contributed by atoms with E-state index in [1.54, 1.807) is 0 Å². The summed E-state index contributed by atoms with van der Waals surface area (Å²) in [6.45, 7) is 4.04. The van der Waals surface area contributed by atoms with Crippen molar-refractivity contribution in [3.8, 4) is 0 Å². The molecule has 0 saturated heterocycles. The van der Waals surface area contributed by atoms with Crippen LogP contribution in [0.1, 0.15) is 30.6 Å². The fourth-order valence-corrected chi connectivity index (χ4v) is 1.96. The molecule has 0 saturated carbocycles. The van der Waals surface area contributed by atoms with Gasteiger partial charge < -0.3 is 0 Å². The van der Waals surface area contributed by atoms with E-state index in [2.05, 4.69) is 0 Å². The summed E-state index contributed by atoms with van der Waals surface area (Å²) in [6, 6.07) is 3.04. The maximum Gasteiger partial charge on any atom is 0.175 e. The standard InChI is InChI=1S/C12H14F2OS/c1-3-8(2)16-7-12(15)10-5-4-9(13)6-11(10)14/h4-6,8H,3,7H2,1-2H3. The van der Waals surface area contributed by atoms with Crippen LogP contribution < -0.4 is 0 Å². The monoisotopic (exact) mass is 244 g/mol. The van der Waals surface area contributed by atoms with Gasteiger partial charge in [0.25, 0.3) is 0 Å². The topological polar surface area (TPSA) is 17.1 Å². The number of carbonyl (C=O) groups excluding carboxylic acids is 1. The van der Waals surface area contributed by atoms with Crippen LogP contribution in [0.5, 0.6) is 0 Å². The van der Waals surface area contributed by atoms with Gasteiger partial charge in [-0.1, -0.05) is 13.8 Å². The number of rotatable bonds is 5. The van der Waals surface area contributed by atoms with Crippen molar-refractivity contribution in [1.29, 1.82) is 0 Å². The molecule has 4 heteroatoms. The van der Waals surface area contributed by atoms with E-state index < -0.39 is 11.6 Å². The zero-order chi connectivity index (χ0) is 12.1. The van der Waals surface area contributed by atoms with Crippen LogP contribution in [0.15, 0.2) is 18.2 Å². The molecule has 1 aromatic carbocycles. The Kier molecular flexibility index (Phi) is 4.93. The highest BCUT2D eigenvalue weighted by atomic mass is 32.2. The van der Waals surface area contributed by atoms with Gasteiger partial charge in [-0.2, -0.15) is 11.8 Å². The Hall–Kier alpha value is -0.900. The van der Waals surface area contributed by atoms with E-state index in [1.165, 1.54) is 17.8 Å². The van der Waals surface area contributed by atoms with E-state index in [-0.39, 0.29) is 17.1 Å². The summed E-state index contributed by atoms with van der Waals surface area (Å²) >= 11 is 1.48. The van der Waals surface area contributed by atoms with Gasteiger partial charge in [0.15, 0.2) is 5.78 Å². The van der Waals surface area contributed by atoms with Crippen LogP contribution in [0.2, 0.25) is 0 Å². The van der Waals surface area contributed by atoms with Crippen LogP contribution in [-0.4, -0.2) is 16.8 Å². The molecule has 1 aromatic rings. The number of carbonyl (C=O) groups is 1. The molecule has 0 amide bonds. The van der Waals surface area contributed by atoms with Crippen molar-refractivity contribution in [3.05, 3.63) is 35.4 Å². The first kappa shape index (κ1) is 13.2. The lowest BCUT2D eigenvalue weighted by Crippen LogP contribution is -2.08. The molecular weight excluding hydrogens is 230 g/mol. The molecule has 1 atom stereocenters. The molecule has 0 bridgehead atoms. The molecule has 1 unspecified atom stereocenters. The lowest BCUT2D eigenvalue weighted by Gasteiger charge is -2.07. The van der Waals surface area contributed by atoms with Crippen LogP contribution in [-0.2, 0) is 0 Å². The van der Waals surface area contributed by atoms with Crippen molar-refractivity contribution in [3.63, 3.8) is 0 Å². The Bertz CT molecular complexity index is 379. The minimum Gasteiger partial charge on any atom is -0.293 e. The second-order valence-electron chi connectivity index (χ2n) is 3.58. The van der Waals surface area contributed by atoms with Gasteiger partial charge in [0.05, 0.1) is 11.3 Å². The lowest BCUT2D eigenvalue weighted by atomic mass is 10.1. The number of ketones is 1. The summed E-state index contributed by atoms with van der Waals surface area (Å²) in [5.41, 5.74) is -0.0304. The van der Waals surface area contributed by atoms with E-state index in [0.29, 0.717) is 5.25 Å². The Morgan fingerprint density at radius 2 is 2.12 bits per heavy atom. The number of hydrogen-bond donors (Lipinski definition) is 0. The molecule has 0 aromatic heterocycles. The highest BCUT2D eigenvalue weighted by Gasteiger charge is 2.13. The molecule has 0 aliphatic heterocycles. The first-order chi connectivity index (χ1) is 7.54. The van der Waals surface area contributed by atoms with E-state index in [0.717, 1.165) is 18.6 Å². The van der Waals surface area contributed by atoms with Crippen molar-refractivity contribution in [2.24, 2.45) is 0 Å². The second kappa shape index (κ2) is 5.99. The van der Waals surface area contributed by atoms with Crippen molar-refractivity contribution < 1.29 is 13.6 Å². The Balaban J connectivity index is 2.66. The van der Waals surface area contributed by atoms with Crippen LogP contribution >= 0.6 is 11.8 Å². The van der Waals surface area contributed by atoms with E-state index in [4.69, 9.17) is 0 Å². The maximum absolute atomic E-state index is 13.2. The molecule has 0 N–H and O–H groups in total. The molecule has 16 heavy (non-hydrogen) atoms. The lowest BCUT2D eigenvalue weighted by molar-refractivity contribution is 0.101. The van der Waals surface area contributed by atoms with Gasteiger partial charge in [0, 0.05) is 11.3 Å². The van der Waals surface area contributed by atoms with Gasteiger partial charge in [0.1, 0.15) is 11.6 Å². The summed E-state index contributed by atoms with van der Waals surface area (Å²) in [6.07, 6.45) is 0.962. The third-order valence-corrected chi connectivity index (χ3v) is 3.64. The molecule has 0 aliphatic carbocycles. The minimum atomic E-state index is -0.783. The van der Waals surface area contributed by atoms with Gasteiger partial charge in [-0.3, -0.25) is 4.79 Å². The number of benzene rings is 1. The molecule has 0 aliphatic rings. The Morgan fingerprint density at radius 3 is 2.69 bits per heavy atom. The van der Waals surface area contributed by atoms with Crippen molar-refractivity contribution in [2.45, 2.75) is 25.5 Å². The fraction of sp³-hybridized carbons (Fsp3) is 0.417. The number of hydrogen-bond acceptors (Lipinski definition) is 2. The third-order valence-electron chi connectivity index (χ3n) is 2.31. The normalized spacial score (nSPS) is 12.5. The van der Waals surface area contributed by atoms with E-state index >= 15 is 0 Å². The van der Waals surface area contributed by atoms with Gasteiger partial charge in [-0.15, -0.1) is 0 Å². The predicted octanol–water partition coefficient (Wildman–Crippen LogP) is 3.68. The summed E-state index contributed by atoms with van der Waals surface area (Å²) in [7, 11) is 0. The first-order valence-corrected chi connectivity index (χ1v) is 6.19. The van der Waals surface area contributed by atoms with Crippen LogP contribution in [0.4, 0.5) is 8.78 Å². The van der Waals surface area contributed by atoms with Crippen LogP contribution in [0, 0.1) is 11.6 Å². The highest BCUT2D eigenvalue weighted by Crippen LogP contribution is 2.17. The largest absolute Gasteiger partial charge is 0.293 e. The van der Waals surface area contributed by atoms with Crippen molar-refractivity contribution in [2.75, 3.05) is 5.75 Å². The number of halogens is 2. The number of Topliss-reactive ketones (excluding diaryl/α,β-unsaturated/α-hetero) is 1. The second-order valence-corrected chi connectivity index (χ2v) is 5.00. The highest BCUT2D eigenvalue weighted by molar-refractivity contribution is 8.00. The zero-order valence-corrected chi connectivity index (χ0v) is 10.1. The fourth-order valence-electron chi connectivity index (χ4n) is 1.13.